The zero-order valence-corrected chi connectivity index (χ0v) is 13.0. The molecule has 19 heavy (non-hydrogen) atoms. The number of hydrogen-bond donors (Lipinski definition) is 2. The van der Waals surface area contributed by atoms with Gasteiger partial charge in [-0.3, -0.25) is 4.79 Å². The maximum atomic E-state index is 11.2. The van der Waals surface area contributed by atoms with Crippen molar-refractivity contribution in [1.82, 2.24) is 5.32 Å². The Labute approximate surface area is 118 Å². The number of nitrogens with one attached hydrogen (secondary N) is 1. The summed E-state index contributed by atoms with van der Waals surface area (Å²) in [7, 11) is 0. The summed E-state index contributed by atoms with van der Waals surface area (Å²) < 4.78 is 0. The normalized spacial score (nSPS) is 26.1. The van der Waals surface area contributed by atoms with E-state index >= 15 is 0 Å². The van der Waals surface area contributed by atoms with Gasteiger partial charge in [0.15, 0.2) is 0 Å². The lowest BCUT2D eigenvalue weighted by Crippen LogP contribution is -2.45. The molecular weight excluding hydrogens is 238 g/mol. The van der Waals surface area contributed by atoms with Crippen LogP contribution in [0.3, 0.4) is 0 Å². The highest BCUT2D eigenvalue weighted by atomic mass is 16.4. The molecule has 0 aromatic carbocycles. The fourth-order valence-corrected chi connectivity index (χ4v) is 3.18. The van der Waals surface area contributed by atoms with Gasteiger partial charge < -0.3 is 10.4 Å². The zero-order chi connectivity index (χ0) is 14.5. The van der Waals surface area contributed by atoms with Gasteiger partial charge in [-0.05, 0) is 43.4 Å². The fraction of sp³-hybridized carbons (Fsp3) is 0.938. The topological polar surface area (TPSA) is 49.3 Å². The minimum Gasteiger partial charge on any atom is -0.480 e. The van der Waals surface area contributed by atoms with Gasteiger partial charge >= 0.3 is 5.97 Å². The number of carboxylic acids is 1. The Morgan fingerprint density at radius 2 is 1.84 bits per heavy atom. The third-order valence-electron chi connectivity index (χ3n) is 5.06. The highest BCUT2D eigenvalue weighted by molar-refractivity contribution is 5.73. The van der Waals surface area contributed by atoms with E-state index in [1.807, 2.05) is 6.92 Å². The smallest absolute Gasteiger partial charge is 0.320 e. The van der Waals surface area contributed by atoms with E-state index in [9.17, 15) is 9.90 Å². The summed E-state index contributed by atoms with van der Waals surface area (Å²) in [4.78, 5) is 11.2. The van der Waals surface area contributed by atoms with E-state index in [2.05, 4.69) is 26.1 Å². The largest absolute Gasteiger partial charge is 0.480 e. The van der Waals surface area contributed by atoms with E-state index < -0.39 is 5.97 Å². The van der Waals surface area contributed by atoms with Crippen LogP contribution in [-0.4, -0.2) is 23.2 Å². The minimum absolute atomic E-state index is 0.356. The molecule has 1 rings (SSSR count). The Bertz CT molecular complexity index is 280. The highest BCUT2D eigenvalue weighted by Crippen LogP contribution is 2.40. The third-order valence-corrected chi connectivity index (χ3v) is 5.06. The number of aliphatic carboxylic acids is 1. The average Bonchev–Trinajstić information content (AvgIpc) is 2.38. The molecule has 1 aliphatic carbocycles. The van der Waals surface area contributed by atoms with Crippen molar-refractivity contribution in [2.75, 3.05) is 0 Å². The van der Waals surface area contributed by atoms with Crippen molar-refractivity contribution in [2.45, 2.75) is 84.7 Å². The van der Waals surface area contributed by atoms with Gasteiger partial charge in [0.2, 0.25) is 0 Å². The van der Waals surface area contributed by atoms with E-state index in [0.29, 0.717) is 11.5 Å². The molecule has 0 saturated heterocycles. The average molecular weight is 269 g/mol. The van der Waals surface area contributed by atoms with Crippen LogP contribution in [0.15, 0.2) is 0 Å². The van der Waals surface area contributed by atoms with Gasteiger partial charge in [0.25, 0.3) is 0 Å². The molecule has 112 valence electrons. The second-order valence-electron chi connectivity index (χ2n) is 6.74. The number of rotatable bonds is 7. The molecule has 2 N–H and O–H groups in total. The van der Waals surface area contributed by atoms with Crippen molar-refractivity contribution in [2.24, 2.45) is 11.3 Å². The second-order valence-corrected chi connectivity index (χ2v) is 6.74. The van der Waals surface area contributed by atoms with E-state index in [1.165, 1.54) is 19.3 Å². The number of carbonyl (C=O) groups is 1. The summed E-state index contributed by atoms with van der Waals surface area (Å²) in [6.07, 6.45) is 7.60. The van der Waals surface area contributed by atoms with E-state index in [4.69, 9.17) is 0 Å². The fourth-order valence-electron chi connectivity index (χ4n) is 3.18. The predicted octanol–water partition coefficient (Wildman–Crippen LogP) is 3.82. The first kappa shape index (κ1) is 16.5. The Kier molecular flexibility index (Phi) is 6.31. The molecule has 0 aliphatic heterocycles. The molecule has 0 spiro atoms. The summed E-state index contributed by atoms with van der Waals surface area (Å²) >= 11 is 0. The van der Waals surface area contributed by atoms with E-state index in [-0.39, 0.29) is 6.04 Å². The third kappa shape index (κ3) is 4.79. The summed E-state index contributed by atoms with van der Waals surface area (Å²) in [5, 5.41) is 12.5. The quantitative estimate of drug-likeness (QED) is 0.738. The van der Waals surface area contributed by atoms with Crippen LogP contribution in [0.1, 0.15) is 72.6 Å². The molecule has 1 saturated carbocycles. The maximum absolute atomic E-state index is 11.2. The van der Waals surface area contributed by atoms with Crippen molar-refractivity contribution in [3.8, 4) is 0 Å². The maximum Gasteiger partial charge on any atom is 0.320 e. The first-order chi connectivity index (χ1) is 8.90. The van der Waals surface area contributed by atoms with Crippen LogP contribution < -0.4 is 5.32 Å². The molecule has 0 radical (unpaired) electrons. The molecule has 0 heterocycles. The molecule has 3 nitrogen and oxygen atoms in total. The molecule has 3 heteroatoms. The van der Waals surface area contributed by atoms with E-state index in [1.54, 1.807) is 0 Å². The first-order valence-corrected chi connectivity index (χ1v) is 7.89. The van der Waals surface area contributed by atoms with Crippen molar-refractivity contribution >= 4 is 5.97 Å². The molecule has 0 aromatic heterocycles. The molecule has 1 atom stereocenters. The van der Waals surface area contributed by atoms with Crippen molar-refractivity contribution in [3.63, 3.8) is 0 Å². The van der Waals surface area contributed by atoms with Crippen LogP contribution in [0.25, 0.3) is 0 Å². The van der Waals surface area contributed by atoms with Gasteiger partial charge in [0.05, 0.1) is 0 Å². The standard InChI is InChI=1S/C16H31NO2/c1-5-7-14(15(18)19)17-13-10-8-12(9-11-13)16(3,4)6-2/h12-14,17H,5-11H2,1-4H3,(H,18,19). The lowest BCUT2D eigenvalue weighted by atomic mass is 9.69. The molecular formula is C16H31NO2. The number of carboxylic acid groups (broad SMARTS) is 1. The summed E-state index contributed by atoms with van der Waals surface area (Å²) in [6, 6.07) is 0.0438. The second kappa shape index (κ2) is 7.28. The molecule has 0 aromatic rings. The molecule has 0 bridgehead atoms. The molecule has 1 unspecified atom stereocenters. The van der Waals surface area contributed by atoms with Crippen LogP contribution >= 0.6 is 0 Å². The SMILES string of the molecule is CCCC(NC1CCC(C(C)(C)CC)CC1)C(=O)O. The Balaban J connectivity index is 2.43. The lowest BCUT2D eigenvalue weighted by Gasteiger charge is -2.39. The van der Waals surface area contributed by atoms with Crippen LogP contribution in [0.2, 0.25) is 0 Å². The molecule has 0 amide bonds. The van der Waals surface area contributed by atoms with Gasteiger partial charge in [0, 0.05) is 6.04 Å². The van der Waals surface area contributed by atoms with Gasteiger partial charge in [-0.1, -0.05) is 40.5 Å². The monoisotopic (exact) mass is 269 g/mol. The Hall–Kier alpha value is -0.570. The first-order valence-electron chi connectivity index (χ1n) is 7.89. The molecule has 1 fully saturated rings. The van der Waals surface area contributed by atoms with Crippen molar-refractivity contribution in [1.29, 1.82) is 0 Å². The van der Waals surface area contributed by atoms with Gasteiger partial charge in [-0.2, -0.15) is 0 Å². The minimum atomic E-state index is -0.696. The van der Waals surface area contributed by atoms with Gasteiger partial charge in [0.1, 0.15) is 6.04 Å². The van der Waals surface area contributed by atoms with Crippen LogP contribution in [0.5, 0.6) is 0 Å². The van der Waals surface area contributed by atoms with Gasteiger partial charge in [-0.25, -0.2) is 0 Å². The lowest BCUT2D eigenvalue weighted by molar-refractivity contribution is -0.140. The van der Waals surface area contributed by atoms with Crippen LogP contribution in [-0.2, 0) is 4.79 Å². The Morgan fingerprint density at radius 1 is 1.26 bits per heavy atom. The zero-order valence-electron chi connectivity index (χ0n) is 13.0. The summed E-state index contributed by atoms with van der Waals surface area (Å²) in [5.74, 6) is 0.0999. The summed E-state index contributed by atoms with van der Waals surface area (Å²) in [6.45, 7) is 9.04. The van der Waals surface area contributed by atoms with E-state index in [0.717, 1.165) is 31.6 Å². The van der Waals surface area contributed by atoms with Crippen molar-refractivity contribution < 1.29 is 9.90 Å². The summed E-state index contributed by atoms with van der Waals surface area (Å²) in [5.41, 5.74) is 0.431. The number of hydrogen-bond acceptors (Lipinski definition) is 2. The van der Waals surface area contributed by atoms with Crippen LogP contribution in [0, 0.1) is 11.3 Å². The predicted molar refractivity (Wildman–Crippen MR) is 79.3 cm³/mol. The Morgan fingerprint density at radius 3 is 2.26 bits per heavy atom. The van der Waals surface area contributed by atoms with Gasteiger partial charge in [-0.15, -0.1) is 0 Å². The molecule has 1 aliphatic rings. The highest BCUT2D eigenvalue weighted by Gasteiger charge is 2.32. The van der Waals surface area contributed by atoms with Crippen LogP contribution in [0.4, 0.5) is 0 Å². The van der Waals surface area contributed by atoms with Crippen molar-refractivity contribution in [3.05, 3.63) is 0 Å².